The minimum atomic E-state index is -1.13. The molecule has 0 bridgehead atoms. The van der Waals surface area contributed by atoms with Crippen molar-refractivity contribution < 1.29 is 38.2 Å². The van der Waals surface area contributed by atoms with E-state index in [1.165, 1.54) is 109 Å². The summed E-state index contributed by atoms with van der Waals surface area (Å²) in [6.45, 7) is 4.64. The molecular formula is C49H89NO7. The van der Waals surface area contributed by atoms with Crippen molar-refractivity contribution in [1.29, 1.82) is 0 Å². The Morgan fingerprint density at radius 2 is 0.930 bits per heavy atom. The van der Waals surface area contributed by atoms with Crippen molar-refractivity contribution >= 4 is 17.9 Å². The molecule has 0 amide bonds. The smallest absolute Gasteiger partial charge is 0.306 e. The van der Waals surface area contributed by atoms with Gasteiger partial charge in [-0.3, -0.25) is 9.59 Å². The highest BCUT2D eigenvalue weighted by Crippen LogP contribution is 2.15. The van der Waals surface area contributed by atoms with Crippen LogP contribution in [0.1, 0.15) is 206 Å². The van der Waals surface area contributed by atoms with E-state index in [-0.39, 0.29) is 42.7 Å². The molecule has 0 spiro atoms. The molecule has 332 valence electrons. The number of hydrogen-bond donors (Lipinski definition) is 0. The van der Waals surface area contributed by atoms with Gasteiger partial charge in [0, 0.05) is 19.3 Å². The maximum atomic E-state index is 12.7. The van der Waals surface area contributed by atoms with E-state index in [2.05, 4.69) is 50.3 Å². The van der Waals surface area contributed by atoms with Crippen molar-refractivity contribution in [2.75, 3.05) is 41.0 Å². The topological polar surface area (TPSA) is 102 Å². The monoisotopic (exact) mass is 804 g/mol. The molecule has 0 fully saturated rings. The largest absolute Gasteiger partial charge is 0.544 e. The molecule has 0 saturated carbocycles. The number of carboxylic acid groups (broad SMARTS) is 1. The Hall–Kier alpha value is -2.45. The molecule has 0 N–H and O–H groups in total. The van der Waals surface area contributed by atoms with Gasteiger partial charge in [-0.25, -0.2) is 0 Å². The zero-order chi connectivity index (χ0) is 42.1. The average molecular weight is 804 g/mol. The van der Waals surface area contributed by atoms with E-state index in [4.69, 9.17) is 14.2 Å². The van der Waals surface area contributed by atoms with Gasteiger partial charge >= 0.3 is 11.9 Å². The van der Waals surface area contributed by atoms with Gasteiger partial charge in [0.05, 0.1) is 40.3 Å². The SMILES string of the molecule is CCCCC/C=C\C/C=C\C/C=C\CCCCCCCCC(=O)OC(COCCC(C(=O)[O-])[N+](C)(C)C)COC(=O)CCCCCCCCCCCCCCCC. The predicted molar refractivity (Wildman–Crippen MR) is 236 cm³/mol. The molecule has 0 aliphatic rings. The minimum Gasteiger partial charge on any atom is -0.544 e. The van der Waals surface area contributed by atoms with E-state index in [0.717, 1.165) is 64.2 Å². The number of nitrogens with zero attached hydrogens (tertiary/aromatic N) is 1. The van der Waals surface area contributed by atoms with Crippen LogP contribution in [0.25, 0.3) is 0 Å². The summed E-state index contributed by atoms with van der Waals surface area (Å²) in [5, 5.41) is 11.6. The third-order valence-electron chi connectivity index (χ3n) is 10.5. The molecule has 8 nitrogen and oxygen atoms in total. The number of rotatable bonds is 42. The third-order valence-corrected chi connectivity index (χ3v) is 10.5. The quantitative estimate of drug-likeness (QED) is 0.0262. The molecule has 0 aromatic heterocycles. The van der Waals surface area contributed by atoms with Crippen LogP contribution in [0, 0.1) is 0 Å². The number of likely N-dealkylation sites (N-methyl/N-ethyl adjacent to an activating group) is 1. The molecule has 0 saturated heterocycles. The van der Waals surface area contributed by atoms with Crippen LogP contribution in [0.3, 0.4) is 0 Å². The van der Waals surface area contributed by atoms with Crippen molar-refractivity contribution in [3.05, 3.63) is 36.5 Å². The van der Waals surface area contributed by atoms with Crippen LogP contribution in [-0.2, 0) is 28.6 Å². The Bertz CT molecular complexity index is 1030. The number of unbranched alkanes of at least 4 members (excludes halogenated alkanes) is 22. The molecular weight excluding hydrogens is 715 g/mol. The fraction of sp³-hybridized carbons (Fsp3) is 0.816. The number of carbonyl (C=O) groups excluding carboxylic acids is 3. The van der Waals surface area contributed by atoms with E-state index in [1.54, 1.807) is 21.1 Å². The molecule has 2 unspecified atom stereocenters. The summed E-state index contributed by atoms with van der Waals surface area (Å²) in [5.41, 5.74) is 0. The van der Waals surface area contributed by atoms with Gasteiger partial charge in [-0.05, 0) is 51.4 Å². The lowest BCUT2D eigenvalue weighted by Crippen LogP contribution is -2.55. The first kappa shape index (κ1) is 54.6. The van der Waals surface area contributed by atoms with Crippen LogP contribution < -0.4 is 5.11 Å². The van der Waals surface area contributed by atoms with E-state index in [9.17, 15) is 19.5 Å². The van der Waals surface area contributed by atoms with Gasteiger partial charge in [0.25, 0.3) is 0 Å². The van der Waals surface area contributed by atoms with Gasteiger partial charge in [-0.2, -0.15) is 0 Å². The van der Waals surface area contributed by atoms with Crippen LogP contribution >= 0.6 is 0 Å². The number of aliphatic carboxylic acids is 1. The van der Waals surface area contributed by atoms with Gasteiger partial charge < -0.3 is 28.6 Å². The second-order valence-corrected chi connectivity index (χ2v) is 17.0. The van der Waals surface area contributed by atoms with Crippen molar-refractivity contribution in [2.45, 2.75) is 219 Å². The Morgan fingerprint density at radius 3 is 1.40 bits per heavy atom. The van der Waals surface area contributed by atoms with Crippen molar-refractivity contribution in [3.63, 3.8) is 0 Å². The fourth-order valence-electron chi connectivity index (χ4n) is 6.84. The second kappa shape index (κ2) is 40.3. The maximum Gasteiger partial charge on any atom is 0.306 e. The lowest BCUT2D eigenvalue weighted by molar-refractivity contribution is -0.889. The Kier molecular flexibility index (Phi) is 38.6. The minimum absolute atomic E-state index is 0.0378. The summed E-state index contributed by atoms with van der Waals surface area (Å²) in [7, 11) is 5.41. The van der Waals surface area contributed by atoms with Crippen molar-refractivity contribution in [2.24, 2.45) is 0 Å². The molecule has 0 aromatic carbocycles. The Morgan fingerprint density at radius 1 is 0.526 bits per heavy atom. The number of carboxylic acids is 1. The van der Waals surface area contributed by atoms with E-state index in [0.29, 0.717) is 12.8 Å². The summed E-state index contributed by atoms with van der Waals surface area (Å²) < 4.78 is 17.2. The summed E-state index contributed by atoms with van der Waals surface area (Å²) in [4.78, 5) is 36.9. The predicted octanol–water partition coefficient (Wildman–Crippen LogP) is 11.7. The highest BCUT2D eigenvalue weighted by molar-refractivity contribution is 5.70. The normalized spacial score (nSPS) is 13.2. The lowest BCUT2D eigenvalue weighted by Gasteiger charge is -2.34. The first-order valence-corrected chi connectivity index (χ1v) is 23.5. The maximum absolute atomic E-state index is 12.7. The molecule has 8 heteroatoms. The van der Waals surface area contributed by atoms with Crippen molar-refractivity contribution in [1.82, 2.24) is 0 Å². The van der Waals surface area contributed by atoms with Crippen LogP contribution in [0.4, 0.5) is 0 Å². The molecule has 0 aliphatic heterocycles. The molecule has 2 atom stereocenters. The third kappa shape index (κ3) is 38.8. The standard InChI is InChI=1S/C49H89NO7/c1-6-8-10-12-14-16-18-20-22-23-24-25-26-28-30-32-34-36-38-40-48(52)57-45(43-55-42-41-46(49(53)54)50(3,4)5)44-56-47(51)39-37-35-33-31-29-27-21-19-17-15-13-11-9-7-2/h14,16,20,22,24-25,45-46H,6-13,15,17-19,21,23,26-44H2,1-5H3/b16-14-,22-20-,25-24-. The summed E-state index contributed by atoms with van der Waals surface area (Å²) in [5.74, 6) is -1.74. The van der Waals surface area contributed by atoms with Crippen molar-refractivity contribution in [3.8, 4) is 0 Å². The van der Waals surface area contributed by atoms with E-state index < -0.39 is 18.1 Å². The van der Waals surface area contributed by atoms with Crippen LogP contribution in [0.15, 0.2) is 36.5 Å². The Labute approximate surface area is 351 Å². The molecule has 0 rings (SSSR count). The van der Waals surface area contributed by atoms with Crippen LogP contribution in [-0.4, -0.2) is 75.5 Å². The molecule has 0 aromatic rings. The van der Waals surface area contributed by atoms with Gasteiger partial charge in [0.1, 0.15) is 12.6 Å². The number of ether oxygens (including phenoxy) is 3. The first-order valence-electron chi connectivity index (χ1n) is 23.5. The summed E-state index contributed by atoms with van der Waals surface area (Å²) in [6, 6.07) is -0.727. The molecule has 57 heavy (non-hydrogen) atoms. The molecule has 0 heterocycles. The van der Waals surface area contributed by atoms with Gasteiger partial charge in [-0.15, -0.1) is 0 Å². The zero-order valence-corrected chi connectivity index (χ0v) is 37.8. The summed E-state index contributed by atoms with van der Waals surface area (Å²) >= 11 is 0. The van der Waals surface area contributed by atoms with E-state index >= 15 is 0 Å². The van der Waals surface area contributed by atoms with Gasteiger partial charge in [0.15, 0.2) is 6.10 Å². The number of esters is 2. The first-order chi connectivity index (χ1) is 27.6. The number of hydrogen-bond acceptors (Lipinski definition) is 7. The summed E-state index contributed by atoms with van der Waals surface area (Å²) in [6.07, 6.45) is 45.9. The second-order valence-electron chi connectivity index (χ2n) is 17.0. The highest BCUT2D eigenvalue weighted by Gasteiger charge is 2.25. The zero-order valence-electron chi connectivity index (χ0n) is 37.8. The number of carbonyl (C=O) groups is 3. The number of quaternary nitrogens is 1. The Balaban J connectivity index is 4.32. The molecule has 0 aliphatic carbocycles. The van der Waals surface area contributed by atoms with Gasteiger partial charge in [0.2, 0.25) is 0 Å². The van der Waals surface area contributed by atoms with Crippen LogP contribution in [0.2, 0.25) is 0 Å². The van der Waals surface area contributed by atoms with E-state index in [1.807, 2.05) is 0 Å². The van der Waals surface area contributed by atoms with Crippen LogP contribution in [0.5, 0.6) is 0 Å². The lowest BCUT2D eigenvalue weighted by atomic mass is 10.0. The highest BCUT2D eigenvalue weighted by atomic mass is 16.6. The average Bonchev–Trinajstić information content (AvgIpc) is 3.17. The number of allylic oxidation sites excluding steroid dienone is 6. The molecule has 0 radical (unpaired) electrons. The van der Waals surface area contributed by atoms with Gasteiger partial charge in [-0.1, -0.05) is 172 Å². The fourth-order valence-corrected chi connectivity index (χ4v) is 6.84.